The van der Waals surface area contributed by atoms with Crippen molar-refractivity contribution in [3.8, 4) is 0 Å². The summed E-state index contributed by atoms with van der Waals surface area (Å²) in [5.74, 6) is 0.0552. The molecule has 9 nitrogen and oxygen atoms in total. The lowest BCUT2D eigenvalue weighted by Gasteiger charge is -2.35. The number of nitrogens with one attached hydrogen (secondary N) is 4. The molecule has 2 aliphatic carbocycles. The van der Waals surface area contributed by atoms with Gasteiger partial charge in [-0.05, 0) is 113 Å². The second-order valence-corrected chi connectivity index (χ2v) is 20.0. The van der Waals surface area contributed by atoms with Crippen molar-refractivity contribution in [2.45, 2.75) is 169 Å². The molecule has 1 saturated carbocycles. The fraction of sp³-hybridized carbons (Fsp3) is 0.640. The maximum absolute atomic E-state index is 13.4. The molecule has 4 N–H and O–H groups in total. The van der Waals surface area contributed by atoms with Crippen molar-refractivity contribution in [2.24, 2.45) is 16.7 Å². The van der Waals surface area contributed by atoms with Crippen molar-refractivity contribution in [1.29, 1.82) is 0 Å². The van der Waals surface area contributed by atoms with Crippen LogP contribution in [0.25, 0.3) is 0 Å². The predicted molar refractivity (Wildman–Crippen MR) is 243 cm³/mol. The Labute approximate surface area is 357 Å². The number of hydrogen-bond donors (Lipinski definition) is 4. The standard InChI is InChI=1S/C50H78N4O5/c1-46(2)32-18-16-23-39(30-33-46)24-17-19-34-51-42(55)31-36-53-43(56)48(5,6)37-47(3,4)40-26-28-41(29-27-40)54-45(58)50(9,10)59-49(7,8)44(57)52-35-20-25-38-21-14-12-11-13-15-22-38/h11-15,21-22,26-29,39H,16-20,23-25,30-37H2,1-10H3,(H,51,55)(H,52,57)(H,53,56)(H,54,58). The molecule has 1 fully saturated rings. The van der Waals surface area contributed by atoms with Crippen LogP contribution in [0.1, 0.15) is 158 Å². The molecule has 0 bridgehead atoms. The van der Waals surface area contributed by atoms with E-state index in [0.29, 0.717) is 37.2 Å². The van der Waals surface area contributed by atoms with Crippen molar-refractivity contribution < 1.29 is 23.9 Å². The van der Waals surface area contributed by atoms with E-state index in [0.717, 1.165) is 37.2 Å². The average Bonchev–Trinajstić information content (AvgIpc) is 3.12. The number of carbonyl (C=O) groups is 4. The van der Waals surface area contributed by atoms with Gasteiger partial charge in [0.25, 0.3) is 11.8 Å². The van der Waals surface area contributed by atoms with Gasteiger partial charge in [-0.15, -0.1) is 0 Å². The molecule has 59 heavy (non-hydrogen) atoms. The maximum atomic E-state index is 13.4. The molecule has 328 valence electrons. The van der Waals surface area contributed by atoms with Gasteiger partial charge >= 0.3 is 0 Å². The lowest BCUT2D eigenvalue weighted by Crippen LogP contribution is -2.52. The molecule has 2 aliphatic rings. The fourth-order valence-electron chi connectivity index (χ4n) is 8.38. The summed E-state index contributed by atoms with van der Waals surface area (Å²) < 4.78 is 6.13. The van der Waals surface area contributed by atoms with Crippen LogP contribution in [-0.2, 0) is 29.3 Å². The monoisotopic (exact) mass is 815 g/mol. The smallest absolute Gasteiger partial charge is 0.256 e. The molecular weight excluding hydrogens is 737 g/mol. The molecule has 1 aromatic carbocycles. The van der Waals surface area contributed by atoms with E-state index < -0.39 is 16.6 Å². The molecular formula is C50H78N4O5. The van der Waals surface area contributed by atoms with E-state index in [9.17, 15) is 19.2 Å². The highest BCUT2D eigenvalue weighted by Crippen LogP contribution is 2.38. The van der Waals surface area contributed by atoms with Gasteiger partial charge in [0.05, 0.1) is 0 Å². The summed E-state index contributed by atoms with van der Waals surface area (Å²) in [6, 6.07) is 7.63. The number of allylic oxidation sites excluding steroid dienone is 8. The number of hydrogen-bond acceptors (Lipinski definition) is 5. The first-order valence-corrected chi connectivity index (χ1v) is 22.3. The normalized spacial score (nSPS) is 17.5. The van der Waals surface area contributed by atoms with Crippen LogP contribution >= 0.6 is 0 Å². The molecule has 0 spiro atoms. The highest BCUT2D eigenvalue weighted by Gasteiger charge is 2.40. The number of amides is 4. The second-order valence-electron chi connectivity index (χ2n) is 20.0. The average molecular weight is 815 g/mol. The van der Waals surface area contributed by atoms with Gasteiger partial charge in [-0.3, -0.25) is 19.2 Å². The van der Waals surface area contributed by atoms with Gasteiger partial charge in [-0.25, -0.2) is 0 Å². The van der Waals surface area contributed by atoms with E-state index >= 15 is 0 Å². The minimum atomic E-state index is -1.30. The molecule has 1 aromatic rings. The molecule has 0 saturated heterocycles. The highest BCUT2D eigenvalue weighted by atomic mass is 16.5. The lowest BCUT2D eigenvalue weighted by atomic mass is 9.71. The van der Waals surface area contributed by atoms with Crippen LogP contribution in [0.3, 0.4) is 0 Å². The third-order valence-electron chi connectivity index (χ3n) is 12.0. The topological polar surface area (TPSA) is 126 Å². The largest absolute Gasteiger partial charge is 0.356 e. The Morgan fingerprint density at radius 1 is 0.695 bits per heavy atom. The third-order valence-corrected chi connectivity index (χ3v) is 12.0. The SMILES string of the molecule is CC1(C)CCCCC(CCCCNC(=O)CCNC(=O)C(C)(C)CC(C)(C)c2ccc(NC(=O)C(C)(C)OC(C)(C)C(=O)NCCCC3=CC=CC=CC=C3)cc2)CC1. The van der Waals surface area contributed by atoms with Gasteiger partial charge in [0.2, 0.25) is 11.8 Å². The fourth-order valence-corrected chi connectivity index (χ4v) is 8.38. The Kier molecular flexibility index (Phi) is 18.9. The summed E-state index contributed by atoms with van der Waals surface area (Å²) in [6.07, 6.45) is 27.9. The molecule has 3 rings (SSSR count). The van der Waals surface area contributed by atoms with E-state index in [1.54, 1.807) is 27.7 Å². The minimum Gasteiger partial charge on any atom is -0.356 e. The van der Waals surface area contributed by atoms with Crippen LogP contribution in [0.15, 0.2) is 72.4 Å². The van der Waals surface area contributed by atoms with Gasteiger partial charge in [0, 0.05) is 37.2 Å². The zero-order valence-corrected chi connectivity index (χ0v) is 38.3. The van der Waals surface area contributed by atoms with E-state index in [1.807, 2.05) is 68.5 Å². The van der Waals surface area contributed by atoms with E-state index in [4.69, 9.17) is 4.74 Å². The predicted octanol–water partition coefficient (Wildman–Crippen LogP) is 10.2. The number of unbranched alkanes of at least 4 members (excludes halogenated alkanes) is 1. The van der Waals surface area contributed by atoms with Gasteiger partial charge in [-0.1, -0.05) is 128 Å². The zero-order chi connectivity index (χ0) is 43.7. The van der Waals surface area contributed by atoms with Crippen LogP contribution in [0, 0.1) is 16.7 Å². The molecule has 0 aromatic heterocycles. The third kappa shape index (κ3) is 17.6. The summed E-state index contributed by atoms with van der Waals surface area (Å²) >= 11 is 0. The van der Waals surface area contributed by atoms with Crippen LogP contribution in [0.2, 0.25) is 0 Å². The van der Waals surface area contributed by atoms with Crippen LogP contribution < -0.4 is 21.3 Å². The van der Waals surface area contributed by atoms with Crippen LogP contribution in [0.4, 0.5) is 5.69 Å². The molecule has 0 aliphatic heterocycles. The van der Waals surface area contributed by atoms with Crippen molar-refractivity contribution in [1.82, 2.24) is 16.0 Å². The first-order valence-electron chi connectivity index (χ1n) is 22.3. The van der Waals surface area contributed by atoms with Gasteiger partial charge in [0.15, 0.2) is 0 Å². The highest BCUT2D eigenvalue weighted by molar-refractivity contribution is 5.97. The molecule has 9 heteroatoms. The summed E-state index contributed by atoms with van der Waals surface area (Å²) in [4.78, 5) is 52.3. The Bertz CT molecular complexity index is 1660. The summed E-state index contributed by atoms with van der Waals surface area (Å²) in [5, 5.41) is 11.9. The molecule has 1 unspecified atom stereocenters. The van der Waals surface area contributed by atoms with Gasteiger partial charge in [0.1, 0.15) is 11.2 Å². The molecule has 0 radical (unpaired) electrons. The lowest BCUT2D eigenvalue weighted by molar-refractivity contribution is -0.169. The summed E-state index contributed by atoms with van der Waals surface area (Å²) in [7, 11) is 0. The van der Waals surface area contributed by atoms with Crippen LogP contribution in [0.5, 0.6) is 0 Å². The Morgan fingerprint density at radius 2 is 1.34 bits per heavy atom. The van der Waals surface area contributed by atoms with Gasteiger partial charge in [-0.2, -0.15) is 0 Å². The first kappa shape index (κ1) is 49.4. The number of benzene rings is 1. The Balaban J connectivity index is 1.38. The summed E-state index contributed by atoms with van der Waals surface area (Å²) in [5.41, 5.74) is -0.286. The van der Waals surface area contributed by atoms with Crippen molar-refractivity contribution in [3.63, 3.8) is 0 Å². The number of rotatable bonds is 21. The van der Waals surface area contributed by atoms with E-state index in [2.05, 4.69) is 61.1 Å². The van der Waals surface area contributed by atoms with Crippen molar-refractivity contribution in [2.75, 3.05) is 25.0 Å². The Hall–Kier alpha value is -3.98. The number of ether oxygens (including phenoxy) is 1. The van der Waals surface area contributed by atoms with Gasteiger partial charge < -0.3 is 26.0 Å². The second kappa shape index (κ2) is 22.6. The zero-order valence-electron chi connectivity index (χ0n) is 38.3. The van der Waals surface area contributed by atoms with Crippen LogP contribution in [-0.4, -0.2) is 54.5 Å². The Morgan fingerprint density at radius 3 is 2.07 bits per heavy atom. The molecule has 0 heterocycles. The maximum Gasteiger partial charge on any atom is 0.256 e. The van der Waals surface area contributed by atoms with E-state index in [1.165, 1.54) is 50.5 Å². The van der Waals surface area contributed by atoms with Crippen molar-refractivity contribution in [3.05, 3.63) is 77.9 Å². The molecule has 1 atom stereocenters. The summed E-state index contributed by atoms with van der Waals surface area (Å²) in [6.45, 7) is 21.0. The molecule has 4 amide bonds. The first-order chi connectivity index (χ1) is 27.6. The quantitative estimate of drug-likeness (QED) is 0.0920. The minimum absolute atomic E-state index is 0.0263. The van der Waals surface area contributed by atoms with E-state index in [-0.39, 0.29) is 35.5 Å². The number of carbonyl (C=O) groups excluding carboxylic acids is 4. The number of anilines is 1. The van der Waals surface area contributed by atoms with Crippen molar-refractivity contribution >= 4 is 29.3 Å².